The van der Waals surface area contributed by atoms with Crippen LogP contribution in [-0.2, 0) is 12.8 Å². The van der Waals surface area contributed by atoms with Crippen molar-refractivity contribution < 1.29 is 0 Å². The molecular formula is C13H18N2. The fourth-order valence-corrected chi connectivity index (χ4v) is 2.77. The van der Waals surface area contributed by atoms with E-state index in [1.807, 2.05) is 0 Å². The summed E-state index contributed by atoms with van der Waals surface area (Å²) in [6.45, 7) is 1.10. The quantitative estimate of drug-likeness (QED) is 0.769. The molecule has 0 spiro atoms. The van der Waals surface area contributed by atoms with Crippen molar-refractivity contribution in [3.05, 3.63) is 29.3 Å². The summed E-state index contributed by atoms with van der Waals surface area (Å²) in [5.41, 5.74) is 10.1. The Hall–Kier alpha value is -1.02. The van der Waals surface area contributed by atoms with Crippen LogP contribution in [0.5, 0.6) is 0 Å². The Balaban J connectivity index is 1.70. The molecule has 0 atom stereocenters. The molecule has 1 fully saturated rings. The van der Waals surface area contributed by atoms with E-state index in [1.165, 1.54) is 42.5 Å². The molecule has 0 bridgehead atoms. The summed E-state index contributed by atoms with van der Waals surface area (Å²) in [4.78, 5) is 0. The predicted octanol–water partition coefficient (Wildman–Crippen LogP) is 1.93. The maximum absolute atomic E-state index is 5.80. The summed E-state index contributed by atoms with van der Waals surface area (Å²) in [5.74, 6) is 0.840. The van der Waals surface area contributed by atoms with Crippen molar-refractivity contribution in [3.8, 4) is 0 Å². The van der Waals surface area contributed by atoms with Crippen molar-refractivity contribution in [2.45, 2.75) is 31.7 Å². The normalized spacial score (nSPS) is 28.1. The average Bonchev–Trinajstić information content (AvgIpc) is 2.62. The van der Waals surface area contributed by atoms with Gasteiger partial charge in [-0.05, 0) is 48.8 Å². The van der Waals surface area contributed by atoms with Gasteiger partial charge in [0.15, 0.2) is 0 Å². The van der Waals surface area contributed by atoms with Gasteiger partial charge in [-0.15, -0.1) is 0 Å². The van der Waals surface area contributed by atoms with Gasteiger partial charge in [0.25, 0.3) is 0 Å². The summed E-state index contributed by atoms with van der Waals surface area (Å²) < 4.78 is 0. The zero-order valence-electron chi connectivity index (χ0n) is 9.00. The Bertz CT molecular complexity index is 367. The maximum atomic E-state index is 5.80. The summed E-state index contributed by atoms with van der Waals surface area (Å²) in [6, 6.07) is 7.35. The van der Waals surface area contributed by atoms with Crippen molar-refractivity contribution >= 4 is 5.69 Å². The van der Waals surface area contributed by atoms with E-state index in [2.05, 4.69) is 23.5 Å². The molecule has 80 valence electrons. The van der Waals surface area contributed by atoms with E-state index < -0.39 is 0 Å². The van der Waals surface area contributed by atoms with Crippen LogP contribution in [0.4, 0.5) is 5.69 Å². The van der Waals surface area contributed by atoms with Crippen LogP contribution in [0.3, 0.4) is 0 Å². The molecule has 1 heterocycles. The minimum atomic E-state index is 0.478. The third-order valence-corrected chi connectivity index (χ3v) is 3.68. The Morgan fingerprint density at radius 1 is 1.33 bits per heavy atom. The minimum absolute atomic E-state index is 0.478. The van der Waals surface area contributed by atoms with Crippen LogP contribution in [0, 0.1) is 5.92 Å². The molecule has 1 aliphatic heterocycles. The second-order valence-corrected chi connectivity index (χ2v) is 4.97. The highest BCUT2D eigenvalue weighted by molar-refractivity contribution is 5.56. The number of nitrogens with two attached hydrogens (primary N) is 1. The van der Waals surface area contributed by atoms with Crippen molar-refractivity contribution in [1.82, 2.24) is 0 Å². The fraction of sp³-hybridized carbons (Fsp3) is 0.538. The van der Waals surface area contributed by atoms with Crippen molar-refractivity contribution in [1.29, 1.82) is 0 Å². The van der Waals surface area contributed by atoms with Crippen molar-refractivity contribution in [3.63, 3.8) is 0 Å². The van der Waals surface area contributed by atoms with E-state index in [-0.39, 0.29) is 0 Å². The monoisotopic (exact) mass is 202 g/mol. The number of nitrogens with one attached hydrogen (secondary N) is 1. The first-order valence-electron chi connectivity index (χ1n) is 5.92. The van der Waals surface area contributed by atoms with Crippen LogP contribution in [-0.4, -0.2) is 12.6 Å². The highest BCUT2D eigenvalue weighted by Gasteiger charge is 2.25. The average molecular weight is 202 g/mol. The molecule has 3 N–H and O–H groups in total. The molecule has 2 heteroatoms. The van der Waals surface area contributed by atoms with Crippen LogP contribution < -0.4 is 11.1 Å². The van der Waals surface area contributed by atoms with Crippen molar-refractivity contribution in [2.24, 2.45) is 11.7 Å². The highest BCUT2D eigenvalue weighted by Crippen LogP contribution is 2.31. The Kier molecular flexibility index (Phi) is 2.17. The lowest BCUT2D eigenvalue weighted by Crippen LogP contribution is -2.37. The molecule has 0 radical (unpaired) electrons. The Morgan fingerprint density at radius 2 is 2.20 bits per heavy atom. The highest BCUT2D eigenvalue weighted by atomic mass is 14.9. The first-order chi connectivity index (χ1) is 7.31. The molecule has 1 aliphatic carbocycles. The molecule has 0 aromatic heterocycles. The van der Waals surface area contributed by atoms with Gasteiger partial charge in [-0.25, -0.2) is 0 Å². The summed E-state index contributed by atoms with van der Waals surface area (Å²) in [5, 5.41) is 3.40. The molecule has 1 aromatic carbocycles. The predicted molar refractivity (Wildman–Crippen MR) is 63.0 cm³/mol. The zero-order valence-corrected chi connectivity index (χ0v) is 9.00. The molecule has 0 amide bonds. The van der Waals surface area contributed by atoms with Gasteiger partial charge in [0.05, 0.1) is 0 Å². The molecule has 0 unspecified atom stereocenters. The molecule has 15 heavy (non-hydrogen) atoms. The van der Waals surface area contributed by atoms with E-state index in [0.717, 1.165) is 12.5 Å². The lowest BCUT2D eigenvalue weighted by atomic mass is 9.77. The van der Waals surface area contributed by atoms with Gasteiger partial charge in [-0.1, -0.05) is 12.1 Å². The summed E-state index contributed by atoms with van der Waals surface area (Å²) in [7, 11) is 0. The Labute approximate surface area is 90.9 Å². The van der Waals surface area contributed by atoms with Crippen LogP contribution in [0.15, 0.2) is 18.2 Å². The number of hydrogen-bond acceptors (Lipinski definition) is 2. The van der Waals surface area contributed by atoms with Gasteiger partial charge in [-0.2, -0.15) is 0 Å². The van der Waals surface area contributed by atoms with E-state index in [0.29, 0.717) is 6.04 Å². The van der Waals surface area contributed by atoms with E-state index in [4.69, 9.17) is 5.73 Å². The zero-order chi connectivity index (χ0) is 10.3. The number of rotatable bonds is 2. The van der Waals surface area contributed by atoms with E-state index in [1.54, 1.807) is 0 Å². The standard InChI is InChI=1S/C13H18N2/c14-12-7-10(8-12)5-9-1-2-13-11(6-9)3-4-15-13/h1-2,6,10,12,15H,3-5,7-8,14H2. The maximum Gasteiger partial charge on any atom is 0.0373 e. The molecular weight excluding hydrogens is 184 g/mol. The first-order valence-corrected chi connectivity index (χ1v) is 5.92. The lowest BCUT2D eigenvalue weighted by molar-refractivity contribution is 0.264. The lowest BCUT2D eigenvalue weighted by Gasteiger charge is -2.32. The number of fused-ring (bicyclic) bond motifs is 1. The second kappa shape index (κ2) is 3.53. The van der Waals surface area contributed by atoms with E-state index in [9.17, 15) is 0 Å². The number of benzene rings is 1. The van der Waals surface area contributed by atoms with Crippen LogP contribution in [0.1, 0.15) is 24.0 Å². The number of hydrogen-bond donors (Lipinski definition) is 2. The fourth-order valence-electron chi connectivity index (χ4n) is 2.77. The molecule has 1 saturated carbocycles. The largest absolute Gasteiger partial charge is 0.384 e. The van der Waals surface area contributed by atoms with Gasteiger partial charge in [0.1, 0.15) is 0 Å². The van der Waals surface area contributed by atoms with Gasteiger partial charge < -0.3 is 11.1 Å². The molecule has 2 nitrogen and oxygen atoms in total. The summed E-state index contributed by atoms with van der Waals surface area (Å²) >= 11 is 0. The Morgan fingerprint density at radius 3 is 3.00 bits per heavy atom. The van der Waals surface area contributed by atoms with Crippen LogP contribution >= 0.6 is 0 Å². The van der Waals surface area contributed by atoms with Gasteiger partial charge in [0.2, 0.25) is 0 Å². The van der Waals surface area contributed by atoms with Crippen LogP contribution in [0.25, 0.3) is 0 Å². The molecule has 3 rings (SSSR count). The molecule has 2 aliphatic rings. The van der Waals surface area contributed by atoms with Gasteiger partial charge >= 0.3 is 0 Å². The number of anilines is 1. The smallest absolute Gasteiger partial charge is 0.0373 e. The third-order valence-electron chi connectivity index (χ3n) is 3.68. The van der Waals surface area contributed by atoms with Gasteiger partial charge in [0, 0.05) is 18.3 Å². The first kappa shape index (κ1) is 9.22. The second-order valence-electron chi connectivity index (χ2n) is 4.97. The molecule has 0 saturated heterocycles. The SMILES string of the molecule is NC1CC(Cc2ccc3c(c2)CCN3)C1. The summed E-state index contributed by atoms with van der Waals surface area (Å²) in [6.07, 6.45) is 4.85. The third kappa shape index (κ3) is 1.74. The topological polar surface area (TPSA) is 38.0 Å². The minimum Gasteiger partial charge on any atom is -0.384 e. The van der Waals surface area contributed by atoms with Crippen LogP contribution in [0.2, 0.25) is 0 Å². The van der Waals surface area contributed by atoms with E-state index >= 15 is 0 Å². The molecule has 1 aromatic rings. The van der Waals surface area contributed by atoms with Crippen molar-refractivity contribution in [2.75, 3.05) is 11.9 Å². The van der Waals surface area contributed by atoms with Gasteiger partial charge in [-0.3, -0.25) is 0 Å².